The Hall–Kier alpha value is -2.94. The third kappa shape index (κ3) is 3.45. The Morgan fingerprint density at radius 2 is 2.04 bits per heavy atom. The van der Waals surface area contributed by atoms with Crippen molar-refractivity contribution >= 4 is 44.8 Å². The number of fused-ring (bicyclic) bond motifs is 1. The van der Waals surface area contributed by atoms with Gasteiger partial charge in [-0.2, -0.15) is 9.38 Å². The maximum absolute atomic E-state index is 12.3. The molecular weight excluding hydrogens is 390 g/mol. The lowest BCUT2D eigenvalue weighted by Gasteiger charge is -2.16. The summed E-state index contributed by atoms with van der Waals surface area (Å²) in [6.45, 7) is -0.0773. The number of nitrogens with one attached hydrogen (secondary N) is 1. The van der Waals surface area contributed by atoms with Crippen LogP contribution in [0.3, 0.4) is 0 Å². The van der Waals surface area contributed by atoms with Gasteiger partial charge < -0.3 is 20.3 Å². The van der Waals surface area contributed by atoms with Crippen molar-refractivity contribution < 1.29 is 9.72 Å². The average molecular weight is 404 g/mol. The summed E-state index contributed by atoms with van der Waals surface area (Å²) >= 11 is 3.36. The van der Waals surface area contributed by atoms with Crippen LogP contribution < -0.4 is 10.2 Å². The van der Waals surface area contributed by atoms with E-state index in [0.717, 1.165) is 4.47 Å². The molecular formula is C16H14BrN5O3. The summed E-state index contributed by atoms with van der Waals surface area (Å²) in [5, 5.41) is 14.2. The first-order chi connectivity index (χ1) is 12.0. The highest BCUT2D eigenvalue weighted by molar-refractivity contribution is 9.10. The van der Waals surface area contributed by atoms with E-state index >= 15 is 0 Å². The zero-order chi connectivity index (χ0) is 18.0. The molecule has 0 unspecified atom stereocenters. The van der Waals surface area contributed by atoms with Gasteiger partial charge in [0.05, 0.1) is 18.4 Å². The molecule has 0 radical (unpaired) electrons. The molecule has 1 aromatic carbocycles. The van der Waals surface area contributed by atoms with Crippen LogP contribution >= 0.6 is 15.9 Å². The fourth-order valence-corrected chi connectivity index (χ4v) is 2.82. The van der Waals surface area contributed by atoms with Gasteiger partial charge >= 0.3 is 5.82 Å². The summed E-state index contributed by atoms with van der Waals surface area (Å²) in [6.07, 6.45) is 1.57. The van der Waals surface area contributed by atoms with Gasteiger partial charge in [-0.05, 0) is 39.1 Å². The second kappa shape index (κ2) is 6.89. The van der Waals surface area contributed by atoms with Gasteiger partial charge in [-0.15, -0.1) is 0 Å². The number of pyridine rings is 1. The first kappa shape index (κ1) is 16.9. The molecule has 0 aliphatic rings. The van der Waals surface area contributed by atoms with Crippen LogP contribution in [0.25, 0.3) is 5.65 Å². The van der Waals surface area contributed by atoms with Crippen molar-refractivity contribution in [3.63, 3.8) is 0 Å². The molecule has 8 nitrogen and oxygen atoms in total. The fourth-order valence-electron chi connectivity index (χ4n) is 2.44. The van der Waals surface area contributed by atoms with E-state index in [4.69, 9.17) is 0 Å². The van der Waals surface area contributed by atoms with E-state index in [1.807, 2.05) is 12.1 Å². The predicted molar refractivity (Wildman–Crippen MR) is 97.9 cm³/mol. The molecule has 1 amide bonds. The molecule has 128 valence electrons. The van der Waals surface area contributed by atoms with Crippen molar-refractivity contribution in [1.82, 2.24) is 9.38 Å². The molecule has 2 heterocycles. The van der Waals surface area contributed by atoms with Crippen LogP contribution in [0.5, 0.6) is 0 Å². The van der Waals surface area contributed by atoms with E-state index in [0.29, 0.717) is 11.3 Å². The fraction of sp³-hybridized carbons (Fsp3) is 0.125. The van der Waals surface area contributed by atoms with E-state index in [2.05, 4.69) is 26.2 Å². The summed E-state index contributed by atoms with van der Waals surface area (Å²) in [5.41, 5.74) is 1.08. The van der Waals surface area contributed by atoms with Crippen LogP contribution in [0.15, 0.2) is 53.1 Å². The number of anilines is 2. The first-order valence-corrected chi connectivity index (χ1v) is 8.13. The molecule has 0 saturated heterocycles. The number of carbonyl (C=O) groups excluding carboxylic acids is 1. The Morgan fingerprint density at radius 1 is 1.32 bits per heavy atom. The molecule has 3 rings (SSSR count). The maximum atomic E-state index is 12.3. The molecule has 9 heteroatoms. The number of aromatic nitrogens is 2. The first-order valence-electron chi connectivity index (χ1n) is 7.34. The molecule has 2 aromatic heterocycles. The van der Waals surface area contributed by atoms with Crippen LogP contribution in [-0.2, 0) is 4.79 Å². The minimum atomic E-state index is -0.502. The van der Waals surface area contributed by atoms with E-state index < -0.39 is 4.92 Å². The quantitative estimate of drug-likeness (QED) is 0.521. The molecule has 25 heavy (non-hydrogen) atoms. The van der Waals surface area contributed by atoms with Gasteiger partial charge in [0.15, 0.2) is 0 Å². The van der Waals surface area contributed by atoms with Gasteiger partial charge in [0.1, 0.15) is 0 Å². The molecule has 0 fully saturated rings. The number of amides is 1. The number of likely N-dealkylation sites (N-methyl/N-ethyl adjacent to an activating group) is 1. The summed E-state index contributed by atoms with van der Waals surface area (Å²) in [5.74, 6) is -0.342. The van der Waals surface area contributed by atoms with Gasteiger partial charge in [-0.3, -0.25) is 4.79 Å². The molecule has 0 saturated carbocycles. The average Bonchev–Trinajstić information content (AvgIpc) is 2.96. The van der Waals surface area contributed by atoms with Crippen molar-refractivity contribution in [3.05, 3.63) is 63.2 Å². The highest BCUT2D eigenvalue weighted by atomic mass is 79.9. The zero-order valence-corrected chi connectivity index (χ0v) is 14.8. The highest BCUT2D eigenvalue weighted by Gasteiger charge is 2.26. The molecule has 0 atom stereocenters. The van der Waals surface area contributed by atoms with Crippen molar-refractivity contribution in [1.29, 1.82) is 0 Å². The number of hydrogen-bond acceptors (Lipinski definition) is 5. The second-order valence-electron chi connectivity index (χ2n) is 5.33. The lowest BCUT2D eigenvalue weighted by atomic mass is 10.3. The number of nitro groups is 1. The molecule has 0 bridgehead atoms. The SMILES string of the molecule is CN(CC(=O)Nc1ccccc1Br)c1nc2ccccn2c1[N+](=O)[O-]. The van der Waals surface area contributed by atoms with Crippen LogP contribution in [-0.4, -0.2) is 33.8 Å². The number of carbonyl (C=O) groups is 1. The summed E-state index contributed by atoms with van der Waals surface area (Å²) in [6, 6.07) is 12.3. The smallest absolute Gasteiger partial charge is 0.358 e. The third-order valence-electron chi connectivity index (χ3n) is 3.55. The van der Waals surface area contributed by atoms with Crippen LogP contribution in [0.4, 0.5) is 17.3 Å². The van der Waals surface area contributed by atoms with Gasteiger partial charge in [-0.25, -0.2) is 0 Å². The van der Waals surface area contributed by atoms with Crippen molar-refractivity contribution in [3.8, 4) is 0 Å². The van der Waals surface area contributed by atoms with Gasteiger partial charge in [0.2, 0.25) is 17.4 Å². The number of para-hydroxylation sites is 1. The van der Waals surface area contributed by atoms with E-state index in [-0.39, 0.29) is 24.1 Å². The van der Waals surface area contributed by atoms with Crippen molar-refractivity contribution in [2.24, 2.45) is 0 Å². The monoisotopic (exact) mass is 403 g/mol. The summed E-state index contributed by atoms with van der Waals surface area (Å²) < 4.78 is 2.14. The van der Waals surface area contributed by atoms with Crippen molar-refractivity contribution in [2.45, 2.75) is 0 Å². The van der Waals surface area contributed by atoms with E-state index in [9.17, 15) is 14.9 Å². The topological polar surface area (TPSA) is 92.8 Å². The summed E-state index contributed by atoms with van der Waals surface area (Å²) in [7, 11) is 1.59. The van der Waals surface area contributed by atoms with Crippen molar-refractivity contribution in [2.75, 3.05) is 23.8 Å². The molecule has 0 aliphatic carbocycles. The lowest BCUT2D eigenvalue weighted by Crippen LogP contribution is -2.30. The Bertz CT molecular complexity index is 956. The van der Waals surface area contributed by atoms with Crippen LogP contribution in [0, 0.1) is 10.1 Å². The number of halogens is 1. The maximum Gasteiger partial charge on any atom is 0.372 e. The van der Waals surface area contributed by atoms with Crippen LogP contribution in [0.1, 0.15) is 0 Å². The minimum Gasteiger partial charge on any atom is -0.358 e. The lowest BCUT2D eigenvalue weighted by molar-refractivity contribution is -0.389. The molecule has 0 aliphatic heterocycles. The molecule has 3 aromatic rings. The Morgan fingerprint density at radius 3 is 2.76 bits per heavy atom. The second-order valence-corrected chi connectivity index (χ2v) is 6.18. The van der Waals surface area contributed by atoms with E-state index in [1.54, 1.807) is 43.6 Å². The zero-order valence-electron chi connectivity index (χ0n) is 13.2. The van der Waals surface area contributed by atoms with Gasteiger partial charge in [0.25, 0.3) is 0 Å². The summed E-state index contributed by atoms with van der Waals surface area (Å²) in [4.78, 5) is 28.9. The highest BCUT2D eigenvalue weighted by Crippen LogP contribution is 2.28. The standard InChI is InChI=1S/C16H14BrN5O3/c1-20(10-14(23)18-12-7-3-2-6-11(12)17)15-16(22(24)25)21-9-5-4-8-13(21)19-15/h2-9H,10H2,1H3,(H,18,23). The number of rotatable bonds is 5. The van der Waals surface area contributed by atoms with E-state index in [1.165, 1.54) is 9.30 Å². The number of imidazole rings is 1. The molecule has 1 N–H and O–H groups in total. The van der Waals surface area contributed by atoms with Gasteiger partial charge in [-0.1, -0.05) is 18.2 Å². The third-order valence-corrected chi connectivity index (χ3v) is 4.24. The number of benzene rings is 1. The Balaban J connectivity index is 1.84. The number of nitrogens with zero attached hydrogens (tertiary/aromatic N) is 4. The molecule has 0 spiro atoms. The van der Waals surface area contributed by atoms with Gasteiger partial charge in [0, 0.05) is 17.6 Å². The normalized spacial score (nSPS) is 10.6. The van der Waals surface area contributed by atoms with Crippen LogP contribution in [0.2, 0.25) is 0 Å². The predicted octanol–water partition coefficient (Wildman–Crippen LogP) is 3.08. The Kier molecular flexibility index (Phi) is 4.66. The minimum absolute atomic E-state index is 0.0773. The Labute approximate surface area is 151 Å². The number of hydrogen-bond donors (Lipinski definition) is 1. The largest absolute Gasteiger partial charge is 0.372 e.